The molecule has 0 spiro atoms. The van der Waals surface area contributed by atoms with Crippen molar-refractivity contribution in [2.75, 3.05) is 5.32 Å². The van der Waals surface area contributed by atoms with Gasteiger partial charge in [0.15, 0.2) is 0 Å². The summed E-state index contributed by atoms with van der Waals surface area (Å²) < 4.78 is 38.9. The van der Waals surface area contributed by atoms with Crippen molar-refractivity contribution >= 4 is 33.3 Å². The van der Waals surface area contributed by atoms with Gasteiger partial charge >= 0.3 is 12.1 Å². The smallest absolute Gasteiger partial charge is 0.422 e. The Hall–Kier alpha value is -1.90. The fourth-order valence-electron chi connectivity index (χ4n) is 1.56. The second-order valence-electron chi connectivity index (χ2n) is 4.35. The number of halogens is 3. The van der Waals surface area contributed by atoms with Gasteiger partial charge < -0.3 is 10.4 Å². The molecule has 1 atom stereocenters. The zero-order valence-corrected chi connectivity index (χ0v) is 11.3. The molecule has 0 aromatic carbocycles. The molecule has 0 aliphatic rings. The number of fused-ring (bicyclic) bond motifs is 1. The molecule has 2 aromatic rings. The van der Waals surface area contributed by atoms with Crippen molar-refractivity contribution in [3.05, 3.63) is 17.3 Å². The minimum Gasteiger partial charge on any atom is -0.479 e. The molecule has 5 nitrogen and oxygen atoms in total. The lowest BCUT2D eigenvalue weighted by atomic mass is 10.0. The molecule has 108 valence electrons. The van der Waals surface area contributed by atoms with Gasteiger partial charge in [-0.25, -0.2) is 14.8 Å². The molecular weight excluding hydrogens is 295 g/mol. The molecule has 0 fully saturated rings. The lowest BCUT2D eigenvalue weighted by molar-refractivity contribution is -0.192. The number of nitrogens with one attached hydrogen (secondary N) is 1. The number of thiophene rings is 1. The molecule has 20 heavy (non-hydrogen) atoms. The maximum Gasteiger partial charge on any atom is 0.422 e. The second-order valence-corrected chi connectivity index (χ2v) is 5.59. The molecule has 2 N–H and O–H groups in total. The molecule has 2 heterocycles. The summed E-state index contributed by atoms with van der Waals surface area (Å²) in [6.45, 7) is 2.33. The van der Waals surface area contributed by atoms with Crippen LogP contribution in [0.5, 0.6) is 0 Å². The Morgan fingerprint density at radius 1 is 1.40 bits per heavy atom. The van der Waals surface area contributed by atoms with Crippen molar-refractivity contribution in [1.29, 1.82) is 0 Å². The van der Waals surface area contributed by atoms with E-state index in [1.807, 2.05) is 5.32 Å². The van der Waals surface area contributed by atoms with Gasteiger partial charge in [-0.3, -0.25) is 0 Å². The highest BCUT2D eigenvalue weighted by Gasteiger charge is 2.58. The largest absolute Gasteiger partial charge is 0.479 e. The van der Waals surface area contributed by atoms with Crippen LogP contribution in [0.1, 0.15) is 11.8 Å². The van der Waals surface area contributed by atoms with Crippen LogP contribution in [0.4, 0.5) is 19.0 Å². The number of carbonyl (C=O) groups is 1. The Morgan fingerprint density at radius 3 is 2.60 bits per heavy atom. The zero-order valence-electron chi connectivity index (χ0n) is 10.4. The van der Waals surface area contributed by atoms with E-state index in [0.29, 0.717) is 17.1 Å². The molecule has 0 radical (unpaired) electrons. The van der Waals surface area contributed by atoms with E-state index < -0.39 is 17.7 Å². The number of anilines is 1. The van der Waals surface area contributed by atoms with E-state index in [2.05, 4.69) is 9.97 Å². The molecule has 0 amide bonds. The standard InChI is InChI=1S/C11H10F3N3O2S/c1-5-3-6-7(15-4-16-8(6)20-5)17-10(2,9(18)19)11(12,13)14/h3-4H,1-2H3,(H,18,19)(H,15,16,17). The van der Waals surface area contributed by atoms with Gasteiger partial charge in [0, 0.05) is 4.88 Å². The molecular formula is C11H10F3N3O2S. The Labute approximate surface area is 115 Å². The fraction of sp³-hybridized carbons (Fsp3) is 0.364. The van der Waals surface area contributed by atoms with Crippen molar-refractivity contribution in [3.63, 3.8) is 0 Å². The summed E-state index contributed by atoms with van der Waals surface area (Å²) >= 11 is 1.29. The third-order valence-corrected chi connectivity index (χ3v) is 3.77. The Kier molecular flexibility index (Phi) is 3.32. The number of aromatic nitrogens is 2. The highest BCUT2D eigenvalue weighted by molar-refractivity contribution is 7.18. The number of aliphatic carboxylic acids is 1. The summed E-state index contributed by atoms with van der Waals surface area (Å²) in [5.74, 6) is -2.18. The van der Waals surface area contributed by atoms with Crippen LogP contribution in [0.2, 0.25) is 0 Å². The third kappa shape index (κ3) is 2.28. The van der Waals surface area contributed by atoms with Gasteiger partial charge in [0.2, 0.25) is 5.54 Å². The van der Waals surface area contributed by atoms with E-state index in [-0.39, 0.29) is 5.82 Å². The highest BCUT2D eigenvalue weighted by atomic mass is 32.1. The summed E-state index contributed by atoms with van der Waals surface area (Å²) in [5, 5.41) is 11.2. The van der Waals surface area contributed by atoms with Crippen molar-refractivity contribution in [1.82, 2.24) is 9.97 Å². The van der Waals surface area contributed by atoms with Crippen LogP contribution in [-0.4, -0.2) is 32.8 Å². The zero-order chi connectivity index (χ0) is 15.1. The van der Waals surface area contributed by atoms with Gasteiger partial charge in [-0.05, 0) is 19.9 Å². The molecule has 1 unspecified atom stereocenters. The summed E-state index contributed by atoms with van der Waals surface area (Å²) in [5.41, 5.74) is -3.12. The minimum atomic E-state index is -4.97. The quantitative estimate of drug-likeness (QED) is 0.912. The lowest BCUT2D eigenvalue weighted by Gasteiger charge is -2.29. The molecule has 2 rings (SSSR count). The number of rotatable bonds is 3. The van der Waals surface area contributed by atoms with Crippen molar-refractivity contribution < 1.29 is 23.1 Å². The number of alkyl halides is 3. The van der Waals surface area contributed by atoms with Crippen LogP contribution in [0.25, 0.3) is 10.2 Å². The van der Waals surface area contributed by atoms with E-state index in [0.717, 1.165) is 11.2 Å². The summed E-state index contributed by atoms with van der Waals surface area (Å²) in [7, 11) is 0. The molecule has 0 aliphatic heterocycles. The number of nitrogens with zero attached hydrogens (tertiary/aromatic N) is 2. The average Bonchev–Trinajstić information content (AvgIpc) is 2.68. The van der Waals surface area contributed by atoms with Crippen LogP contribution in [-0.2, 0) is 4.79 Å². The molecule has 9 heteroatoms. The first-order valence-corrected chi connectivity index (χ1v) is 6.26. The number of hydrogen-bond donors (Lipinski definition) is 2. The second kappa shape index (κ2) is 4.58. The van der Waals surface area contributed by atoms with Crippen molar-refractivity contribution in [2.24, 2.45) is 0 Å². The van der Waals surface area contributed by atoms with Gasteiger partial charge in [-0.2, -0.15) is 13.2 Å². The molecule has 0 aliphatic carbocycles. The fourth-order valence-corrected chi connectivity index (χ4v) is 2.41. The number of aryl methyl sites for hydroxylation is 1. The molecule has 0 saturated heterocycles. The normalized spacial score (nSPS) is 15.1. The van der Waals surface area contributed by atoms with Gasteiger partial charge in [-0.1, -0.05) is 0 Å². The Morgan fingerprint density at radius 2 is 2.05 bits per heavy atom. The van der Waals surface area contributed by atoms with Crippen molar-refractivity contribution in [2.45, 2.75) is 25.6 Å². The minimum absolute atomic E-state index is 0.151. The first-order valence-electron chi connectivity index (χ1n) is 5.44. The van der Waals surface area contributed by atoms with Crippen LogP contribution in [0.15, 0.2) is 12.4 Å². The third-order valence-electron chi connectivity index (χ3n) is 2.82. The van der Waals surface area contributed by atoms with E-state index in [1.54, 1.807) is 13.0 Å². The number of carboxylic acid groups (broad SMARTS) is 1. The molecule has 2 aromatic heterocycles. The van der Waals surface area contributed by atoms with Gasteiger partial charge in [0.1, 0.15) is 17.0 Å². The molecule has 0 bridgehead atoms. The first-order chi connectivity index (χ1) is 9.15. The topological polar surface area (TPSA) is 75.1 Å². The maximum atomic E-state index is 13.0. The Bertz CT molecular complexity index is 670. The lowest BCUT2D eigenvalue weighted by Crippen LogP contribution is -2.55. The summed E-state index contributed by atoms with van der Waals surface area (Å²) in [6.07, 6.45) is -3.87. The van der Waals surface area contributed by atoms with E-state index in [1.165, 1.54) is 11.3 Å². The first kappa shape index (κ1) is 14.5. The van der Waals surface area contributed by atoms with Crippen LogP contribution < -0.4 is 5.32 Å². The average molecular weight is 305 g/mol. The summed E-state index contributed by atoms with van der Waals surface area (Å²) in [6, 6.07) is 1.61. The van der Waals surface area contributed by atoms with Crippen LogP contribution in [0.3, 0.4) is 0 Å². The van der Waals surface area contributed by atoms with Gasteiger partial charge in [0.25, 0.3) is 0 Å². The SMILES string of the molecule is Cc1cc2c(NC(C)(C(=O)O)C(F)(F)F)ncnc2s1. The predicted molar refractivity (Wildman–Crippen MR) is 67.9 cm³/mol. The Balaban J connectivity index is 2.52. The predicted octanol–water partition coefficient (Wildman–Crippen LogP) is 2.82. The van der Waals surface area contributed by atoms with E-state index in [9.17, 15) is 18.0 Å². The number of hydrogen-bond acceptors (Lipinski definition) is 5. The van der Waals surface area contributed by atoms with E-state index >= 15 is 0 Å². The van der Waals surface area contributed by atoms with Gasteiger partial charge in [0.05, 0.1) is 5.39 Å². The van der Waals surface area contributed by atoms with Crippen molar-refractivity contribution in [3.8, 4) is 0 Å². The monoisotopic (exact) mass is 305 g/mol. The maximum absolute atomic E-state index is 13.0. The highest BCUT2D eigenvalue weighted by Crippen LogP contribution is 2.36. The van der Waals surface area contributed by atoms with Crippen LogP contribution >= 0.6 is 11.3 Å². The van der Waals surface area contributed by atoms with Gasteiger partial charge in [-0.15, -0.1) is 11.3 Å². The summed E-state index contributed by atoms with van der Waals surface area (Å²) in [4.78, 5) is 20.0. The van der Waals surface area contributed by atoms with Crippen LogP contribution in [0, 0.1) is 6.92 Å². The van der Waals surface area contributed by atoms with E-state index in [4.69, 9.17) is 5.11 Å². The molecule has 0 saturated carbocycles. The number of carboxylic acids is 1.